The summed E-state index contributed by atoms with van der Waals surface area (Å²) >= 11 is 0. The molecule has 5 nitrogen and oxygen atoms in total. The van der Waals surface area contributed by atoms with Gasteiger partial charge in [0.05, 0.1) is 0 Å². The lowest BCUT2D eigenvalue weighted by atomic mass is 10.1. The van der Waals surface area contributed by atoms with Gasteiger partial charge in [-0.1, -0.05) is 37.3 Å². The van der Waals surface area contributed by atoms with Gasteiger partial charge in [0.1, 0.15) is 0 Å². The van der Waals surface area contributed by atoms with Gasteiger partial charge in [-0.3, -0.25) is 4.79 Å². The summed E-state index contributed by atoms with van der Waals surface area (Å²) in [7, 11) is 0. The summed E-state index contributed by atoms with van der Waals surface area (Å²) in [6, 6.07) is 10.2. The Hall–Kier alpha value is -2.17. The van der Waals surface area contributed by atoms with Crippen LogP contribution in [-0.4, -0.2) is 22.1 Å². The van der Waals surface area contributed by atoms with Gasteiger partial charge in [-0.2, -0.15) is 0 Å². The number of hydrogen-bond donors (Lipinski definition) is 1. The average Bonchev–Trinajstić information content (AvgIpc) is 2.95. The van der Waals surface area contributed by atoms with Crippen LogP contribution >= 0.6 is 0 Å². The molecule has 0 saturated carbocycles. The van der Waals surface area contributed by atoms with E-state index in [4.69, 9.17) is 4.42 Å². The van der Waals surface area contributed by atoms with Crippen molar-refractivity contribution in [2.75, 3.05) is 0 Å². The number of nitrogens with one attached hydrogen (secondary N) is 1. The summed E-state index contributed by atoms with van der Waals surface area (Å²) in [6.07, 6.45) is 2.31. The molecule has 5 heteroatoms. The molecule has 20 heavy (non-hydrogen) atoms. The zero-order valence-corrected chi connectivity index (χ0v) is 11.8. The Morgan fingerprint density at radius 2 is 2.00 bits per heavy atom. The number of carbonyl (C=O) groups excluding carboxylic acids is 1. The standard InChI is InChI=1S/C15H19N3O2/c1-3-11(2)16-14(19)15-18-17-13(20-15)10-9-12-7-5-4-6-8-12/h4-8,11H,3,9-10H2,1-2H3,(H,16,19). The van der Waals surface area contributed by atoms with Crippen LogP contribution in [0.4, 0.5) is 0 Å². The van der Waals surface area contributed by atoms with Crippen LogP contribution in [0.3, 0.4) is 0 Å². The summed E-state index contributed by atoms with van der Waals surface area (Å²) in [4.78, 5) is 11.8. The van der Waals surface area contributed by atoms with E-state index in [-0.39, 0.29) is 17.8 Å². The van der Waals surface area contributed by atoms with E-state index in [2.05, 4.69) is 15.5 Å². The number of aryl methyl sites for hydroxylation is 2. The van der Waals surface area contributed by atoms with Crippen LogP contribution in [0.5, 0.6) is 0 Å². The van der Waals surface area contributed by atoms with Crippen molar-refractivity contribution >= 4 is 5.91 Å². The quantitative estimate of drug-likeness (QED) is 0.877. The molecule has 0 bridgehead atoms. The molecule has 0 saturated heterocycles. The topological polar surface area (TPSA) is 68.0 Å². The third-order valence-corrected chi connectivity index (χ3v) is 3.12. The Labute approximate surface area is 118 Å². The molecule has 2 rings (SSSR count). The number of benzene rings is 1. The normalized spacial score (nSPS) is 12.1. The van der Waals surface area contributed by atoms with Gasteiger partial charge in [0.2, 0.25) is 5.89 Å². The summed E-state index contributed by atoms with van der Waals surface area (Å²) < 4.78 is 5.38. The zero-order chi connectivity index (χ0) is 14.4. The van der Waals surface area contributed by atoms with Crippen molar-refractivity contribution in [1.29, 1.82) is 0 Å². The first kappa shape index (κ1) is 14.2. The molecule has 1 amide bonds. The molecule has 0 aliphatic rings. The van der Waals surface area contributed by atoms with E-state index >= 15 is 0 Å². The van der Waals surface area contributed by atoms with E-state index in [0.717, 1.165) is 12.8 Å². The lowest BCUT2D eigenvalue weighted by Crippen LogP contribution is -2.32. The van der Waals surface area contributed by atoms with Crippen LogP contribution in [0.1, 0.15) is 42.4 Å². The molecular weight excluding hydrogens is 254 g/mol. The molecular formula is C15H19N3O2. The fourth-order valence-corrected chi connectivity index (χ4v) is 1.73. The first-order valence-electron chi connectivity index (χ1n) is 6.86. The number of rotatable bonds is 6. The number of hydrogen-bond acceptors (Lipinski definition) is 4. The molecule has 0 radical (unpaired) electrons. The van der Waals surface area contributed by atoms with Gasteiger partial charge in [0, 0.05) is 12.5 Å². The molecule has 0 fully saturated rings. The molecule has 1 heterocycles. The van der Waals surface area contributed by atoms with Crippen molar-refractivity contribution in [3.8, 4) is 0 Å². The minimum absolute atomic E-state index is 0.0355. The second-order valence-corrected chi connectivity index (χ2v) is 4.77. The summed E-state index contributed by atoms with van der Waals surface area (Å²) in [5.74, 6) is 0.217. The SMILES string of the molecule is CCC(C)NC(=O)c1nnc(CCc2ccccc2)o1. The monoisotopic (exact) mass is 273 g/mol. The highest BCUT2D eigenvalue weighted by Gasteiger charge is 2.16. The number of aromatic nitrogens is 2. The van der Waals surface area contributed by atoms with E-state index in [0.29, 0.717) is 12.3 Å². The fourth-order valence-electron chi connectivity index (χ4n) is 1.73. The molecule has 1 N–H and O–H groups in total. The van der Waals surface area contributed by atoms with Crippen LogP contribution in [-0.2, 0) is 12.8 Å². The Balaban J connectivity index is 1.90. The number of amides is 1. The maximum Gasteiger partial charge on any atom is 0.309 e. The van der Waals surface area contributed by atoms with Gasteiger partial charge < -0.3 is 9.73 Å². The van der Waals surface area contributed by atoms with Crippen molar-refractivity contribution in [2.24, 2.45) is 0 Å². The molecule has 1 aromatic heterocycles. The van der Waals surface area contributed by atoms with Crippen LogP contribution < -0.4 is 5.32 Å². The van der Waals surface area contributed by atoms with Gasteiger partial charge in [-0.05, 0) is 25.3 Å². The Morgan fingerprint density at radius 3 is 2.70 bits per heavy atom. The van der Waals surface area contributed by atoms with Gasteiger partial charge in [0.15, 0.2) is 0 Å². The second kappa shape index (κ2) is 6.84. The smallest absolute Gasteiger partial charge is 0.309 e. The molecule has 2 aromatic rings. The van der Waals surface area contributed by atoms with Gasteiger partial charge >= 0.3 is 11.8 Å². The predicted octanol–water partition coefficient (Wildman–Crippen LogP) is 2.38. The van der Waals surface area contributed by atoms with Crippen LogP contribution in [0.25, 0.3) is 0 Å². The van der Waals surface area contributed by atoms with Crippen molar-refractivity contribution in [1.82, 2.24) is 15.5 Å². The van der Waals surface area contributed by atoms with Crippen molar-refractivity contribution in [3.63, 3.8) is 0 Å². The van der Waals surface area contributed by atoms with Gasteiger partial charge in [-0.25, -0.2) is 0 Å². The average molecular weight is 273 g/mol. The highest BCUT2D eigenvalue weighted by Crippen LogP contribution is 2.07. The summed E-state index contributed by atoms with van der Waals surface area (Å²) in [6.45, 7) is 3.94. The van der Waals surface area contributed by atoms with Crippen LogP contribution in [0.2, 0.25) is 0 Å². The van der Waals surface area contributed by atoms with Gasteiger partial charge in [-0.15, -0.1) is 10.2 Å². The number of carbonyl (C=O) groups is 1. The fraction of sp³-hybridized carbons (Fsp3) is 0.400. The predicted molar refractivity (Wildman–Crippen MR) is 75.4 cm³/mol. The summed E-state index contributed by atoms with van der Waals surface area (Å²) in [5, 5.41) is 10.5. The van der Waals surface area contributed by atoms with E-state index in [9.17, 15) is 4.79 Å². The first-order valence-corrected chi connectivity index (χ1v) is 6.86. The summed E-state index contributed by atoms with van der Waals surface area (Å²) in [5.41, 5.74) is 1.20. The second-order valence-electron chi connectivity index (χ2n) is 4.77. The molecule has 0 spiro atoms. The maximum atomic E-state index is 11.8. The van der Waals surface area contributed by atoms with Gasteiger partial charge in [0.25, 0.3) is 0 Å². The van der Waals surface area contributed by atoms with E-state index in [1.165, 1.54) is 5.56 Å². The van der Waals surface area contributed by atoms with E-state index < -0.39 is 0 Å². The molecule has 0 aliphatic heterocycles. The molecule has 1 unspecified atom stereocenters. The third-order valence-electron chi connectivity index (χ3n) is 3.12. The minimum atomic E-state index is -0.308. The maximum absolute atomic E-state index is 11.8. The minimum Gasteiger partial charge on any atom is -0.417 e. The molecule has 1 aromatic carbocycles. The molecule has 0 aliphatic carbocycles. The number of nitrogens with zero attached hydrogens (tertiary/aromatic N) is 2. The first-order chi connectivity index (χ1) is 9.69. The Morgan fingerprint density at radius 1 is 1.25 bits per heavy atom. The van der Waals surface area contributed by atoms with Crippen LogP contribution in [0, 0.1) is 0 Å². The highest BCUT2D eigenvalue weighted by molar-refractivity contribution is 5.89. The molecule has 1 atom stereocenters. The van der Waals surface area contributed by atoms with Crippen LogP contribution in [0.15, 0.2) is 34.7 Å². The Bertz CT molecular complexity index is 551. The third kappa shape index (κ3) is 3.91. The van der Waals surface area contributed by atoms with Crippen molar-refractivity contribution in [3.05, 3.63) is 47.7 Å². The lowest BCUT2D eigenvalue weighted by Gasteiger charge is -2.08. The largest absolute Gasteiger partial charge is 0.417 e. The van der Waals surface area contributed by atoms with Crippen molar-refractivity contribution in [2.45, 2.75) is 39.2 Å². The van der Waals surface area contributed by atoms with Crippen molar-refractivity contribution < 1.29 is 9.21 Å². The highest BCUT2D eigenvalue weighted by atomic mass is 16.4. The lowest BCUT2D eigenvalue weighted by molar-refractivity contribution is 0.0902. The van der Waals surface area contributed by atoms with E-state index in [1.54, 1.807) is 0 Å². The zero-order valence-electron chi connectivity index (χ0n) is 11.8. The molecule has 106 valence electrons. The van der Waals surface area contributed by atoms with E-state index in [1.807, 2.05) is 44.2 Å². The Kier molecular flexibility index (Phi) is 4.87.